The Bertz CT molecular complexity index is 1330. The lowest BCUT2D eigenvalue weighted by Gasteiger charge is -2.18. The van der Waals surface area contributed by atoms with E-state index in [0.29, 0.717) is 28.8 Å². The van der Waals surface area contributed by atoms with Crippen molar-refractivity contribution in [1.29, 1.82) is 0 Å². The molecule has 4 rings (SSSR count). The number of nitrogens with one attached hydrogen (secondary N) is 2. The number of hydrogen-bond acceptors (Lipinski definition) is 7. The molecule has 0 saturated carbocycles. The van der Waals surface area contributed by atoms with Gasteiger partial charge >= 0.3 is 6.18 Å². The fourth-order valence-corrected chi connectivity index (χ4v) is 3.66. The van der Waals surface area contributed by atoms with E-state index in [1.807, 2.05) is 12.1 Å². The number of nitrogens with two attached hydrogens (primary N) is 1. The number of anilines is 3. The molecule has 0 bridgehead atoms. The number of ketones is 1. The minimum atomic E-state index is -4.44. The predicted octanol–water partition coefficient (Wildman–Crippen LogP) is 4.86. The second kappa shape index (κ2) is 9.00. The third-order valence-electron chi connectivity index (χ3n) is 5.23. The van der Waals surface area contributed by atoms with Crippen molar-refractivity contribution < 1.29 is 18.0 Å². The lowest BCUT2D eigenvalue weighted by Crippen LogP contribution is -2.25. The minimum absolute atomic E-state index is 0.0477. The summed E-state index contributed by atoms with van der Waals surface area (Å²) in [6.45, 7) is 3.54. The van der Waals surface area contributed by atoms with Crippen LogP contribution in [0.15, 0.2) is 55.1 Å². The van der Waals surface area contributed by atoms with Crippen molar-refractivity contribution in [2.24, 2.45) is 0 Å². The molecule has 1 atom stereocenters. The highest BCUT2D eigenvalue weighted by atomic mass is 19.4. The summed E-state index contributed by atoms with van der Waals surface area (Å²) in [5.74, 6) is 0.312. The van der Waals surface area contributed by atoms with Crippen molar-refractivity contribution >= 4 is 28.6 Å². The van der Waals surface area contributed by atoms with Gasteiger partial charge in [0.05, 0.1) is 11.7 Å². The number of rotatable bonds is 7. The maximum atomic E-state index is 12.9. The van der Waals surface area contributed by atoms with Gasteiger partial charge in [0, 0.05) is 35.6 Å². The Balaban J connectivity index is 1.57. The minimum Gasteiger partial charge on any atom is -0.382 e. The second-order valence-electron chi connectivity index (χ2n) is 7.65. The van der Waals surface area contributed by atoms with Crippen LogP contribution in [0.2, 0.25) is 0 Å². The summed E-state index contributed by atoms with van der Waals surface area (Å²) in [5, 5.41) is 10.2. The van der Waals surface area contributed by atoms with Gasteiger partial charge in [0.25, 0.3) is 0 Å². The van der Waals surface area contributed by atoms with Gasteiger partial charge in [-0.3, -0.25) is 4.79 Å². The van der Waals surface area contributed by atoms with E-state index in [0.717, 1.165) is 23.9 Å². The zero-order valence-corrected chi connectivity index (χ0v) is 18.4. The van der Waals surface area contributed by atoms with Crippen LogP contribution < -0.4 is 16.4 Å². The highest BCUT2D eigenvalue weighted by molar-refractivity contribution is 6.08. The lowest BCUT2D eigenvalue weighted by molar-refractivity contribution is -0.137. The van der Waals surface area contributed by atoms with Crippen LogP contribution >= 0.6 is 0 Å². The van der Waals surface area contributed by atoms with Crippen molar-refractivity contribution in [3.05, 3.63) is 66.2 Å². The molecule has 0 amide bonds. The summed E-state index contributed by atoms with van der Waals surface area (Å²) in [5.41, 5.74) is 8.47. The Labute approximate surface area is 193 Å². The van der Waals surface area contributed by atoms with E-state index in [4.69, 9.17) is 5.73 Å². The number of carbonyl (C=O) groups is 1. The number of hydrogen-bond donors (Lipinski definition) is 3. The third kappa shape index (κ3) is 4.63. The Morgan fingerprint density at radius 2 is 1.88 bits per heavy atom. The van der Waals surface area contributed by atoms with Crippen LogP contribution in [0.1, 0.15) is 36.2 Å². The van der Waals surface area contributed by atoms with Crippen molar-refractivity contribution in [2.45, 2.75) is 32.6 Å². The third-order valence-corrected chi connectivity index (χ3v) is 5.23. The summed E-state index contributed by atoms with van der Waals surface area (Å²) < 4.78 is 40.3. The van der Waals surface area contributed by atoms with Crippen LogP contribution in [0, 0.1) is 0 Å². The molecule has 0 saturated heterocycles. The van der Waals surface area contributed by atoms with E-state index in [1.165, 1.54) is 6.33 Å². The monoisotopic (exact) mass is 469 g/mol. The van der Waals surface area contributed by atoms with Gasteiger partial charge in [-0.2, -0.15) is 18.3 Å². The van der Waals surface area contributed by atoms with E-state index in [1.54, 1.807) is 36.7 Å². The molecule has 0 spiro atoms. The number of carbonyl (C=O) groups excluding carboxylic acids is 1. The number of aromatic nitrogens is 4. The molecular formula is C23H22F3N7O. The van der Waals surface area contributed by atoms with Crippen LogP contribution in [-0.2, 0) is 6.18 Å². The van der Waals surface area contributed by atoms with Crippen molar-refractivity contribution in [3.63, 3.8) is 0 Å². The van der Waals surface area contributed by atoms with Gasteiger partial charge in [-0.1, -0.05) is 19.1 Å². The number of halogens is 3. The van der Waals surface area contributed by atoms with Gasteiger partial charge in [-0.15, -0.1) is 0 Å². The molecule has 0 aliphatic carbocycles. The lowest BCUT2D eigenvalue weighted by atomic mass is 9.99. The van der Waals surface area contributed by atoms with Gasteiger partial charge in [-0.25, -0.2) is 14.5 Å². The molecule has 4 aromatic rings. The first-order valence-corrected chi connectivity index (χ1v) is 10.5. The SMILES string of the molecule is CCC(=O)c1cn2ncnc(N)c2c1-c1ccc(NC(C)Nc2cc(C(F)(F)F)ccn2)cc1. The fourth-order valence-electron chi connectivity index (χ4n) is 3.66. The molecule has 4 N–H and O–H groups in total. The first-order chi connectivity index (χ1) is 16.2. The molecule has 0 radical (unpaired) electrons. The van der Waals surface area contributed by atoms with Crippen LogP contribution in [0.3, 0.4) is 0 Å². The maximum Gasteiger partial charge on any atom is 0.416 e. The Morgan fingerprint density at radius 3 is 2.56 bits per heavy atom. The number of fused-ring (bicyclic) bond motifs is 1. The molecule has 11 heteroatoms. The summed E-state index contributed by atoms with van der Waals surface area (Å²) in [6, 6.07) is 9.13. The number of alkyl halides is 3. The molecule has 1 aromatic carbocycles. The van der Waals surface area contributed by atoms with E-state index in [-0.39, 0.29) is 17.4 Å². The zero-order chi connectivity index (χ0) is 24.5. The molecule has 0 aliphatic rings. The number of pyridine rings is 1. The number of nitrogen functional groups attached to an aromatic ring is 1. The average Bonchev–Trinajstić information content (AvgIpc) is 3.19. The highest BCUT2D eigenvalue weighted by Gasteiger charge is 2.30. The molecule has 34 heavy (non-hydrogen) atoms. The smallest absolute Gasteiger partial charge is 0.382 e. The van der Waals surface area contributed by atoms with E-state index in [2.05, 4.69) is 25.7 Å². The molecule has 0 aliphatic heterocycles. The standard InChI is InChI=1S/C23H22F3N7O/c1-3-18(34)17-11-33-21(22(27)29-12-30-33)20(17)14-4-6-16(7-5-14)31-13(2)32-19-10-15(8-9-28-19)23(24,25)26/h4-13,31H,3H2,1-2H3,(H,28,32)(H2,27,29,30). The van der Waals surface area contributed by atoms with Crippen LogP contribution in [0.5, 0.6) is 0 Å². The fraction of sp³-hybridized carbons (Fsp3) is 0.217. The van der Waals surface area contributed by atoms with Gasteiger partial charge < -0.3 is 16.4 Å². The van der Waals surface area contributed by atoms with Crippen molar-refractivity contribution in [2.75, 3.05) is 16.4 Å². The summed E-state index contributed by atoms with van der Waals surface area (Å²) in [7, 11) is 0. The first-order valence-electron chi connectivity index (χ1n) is 10.5. The van der Waals surface area contributed by atoms with Crippen molar-refractivity contribution in [1.82, 2.24) is 19.6 Å². The second-order valence-corrected chi connectivity index (χ2v) is 7.65. The van der Waals surface area contributed by atoms with E-state index in [9.17, 15) is 18.0 Å². The molecule has 1 unspecified atom stereocenters. The van der Waals surface area contributed by atoms with Crippen molar-refractivity contribution in [3.8, 4) is 11.1 Å². The van der Waals surface area contributed by atoms with Crippen LogP contribution in [-0.4, -0.2) is 31.5 Å². The molecule has 176 valence electrons. The Kier molecular flexibility index (Phi) is 6.10. The number of Topliss-reactive ketones (excluding diaryl/α,β-unsaturated/α-hetero) is 1. The van der Waals surface area contributed by atoms with Crippen LogP contribution in [0.25, 0.3) is 16.6 Å². The molecule has 3 heterocycles. The largest absolute Gasteiger partial charge is 0.416 e. The first kappa shape index (κ1) is 23.0. The molecule has 0 fully saturated rings. The highest BCUT2D eigenvalue weighted by Crippen LogP contribution is 2.34. The van der Waals surface area contributed by atoms with Gasteiger partial charge in [0.1, 0.15) is 17.7 Å². The number of nitrogens with zero attached hydrogens (tertiary/aromatic N) is 4. The summed E-state index contributed by atoms with van der Waals surface area (Å²) in [4.78, 5) is 20.6. The quantitative estimate of drug-likeness (QED) is 0.262. The van der Waals surface area contributed by atoms with Gasteiger partial charge in [0.2, 0.25) is 0 Å². The zero-order valence-electron chi connectivity index (χ0n) is 18.4. The molecule has 8 nitrogen and oxygen atoms in total. The average molecular weight is 469 g/mol. The predicted molar refractivity (Wildman–Crippen MR) is 123 cm³/mol. The van der Waals surface area contributed by atoms with Gasteiger partial charge in [-0.05, 0) is 36.8 Å². The number of benzene rings is 1. The summed E-state index contributed by atoms with van der Waals surface area (Å²) in [6.07, 6.45) is -0.453. The Hall–Kier alpha value is -4.15. The van der Waals surface area contributed by atoms with E-state index >= 15 is 0 Å². The van der Waals surface area contributed by atoms with Gasteiger partial charge in [0.15, 0.2) is 11.6 Å². The molecular weight excluding hydrogens is 447 g/mol. The summed E-state index contributed by atoms with van der Waals surface area (Å²) >= 11 is 0. The normalized spacial score (nSPS) is 12.5. The van der Waals surface area contributed by atoms with Crippen LogP contribution in [0.4, 0.5) is 30.5 Å². The maximum absolute atomic E-state index is 12.9. The topological polar surface area (TPSA) is 110 Å². The van der Waals surface area contributed by atoms with E-state index < -0.39 is 17.9 Å². The Morgan fingerprint density at radius 1 is 1.15 bits per heavy atom. The molecule has 3 aromatic heterocycles.